The van der Waals surface area contributed by atoms with Gasteiger partial charge in [-0.25, -0.2) is 9.13 Å². The van der Waals surface area contributed by atoms with E-state index in [1.165, 1.54) is 22.6 Å². The van der Waals surface area contributed by atoms with Crippen LogP contribution in [0.1, 0.15) is 24.7 Å². The van der Waals surface area contributed by atoms with Gasteiger partial charge in [0.2, 0.25) is 0 Å². The molecule has 0 saturated carbocycles. The Morgan fingerprint density at radius 3 is 2.55 bits per heavy atom. The molecule has 5 nitrogen and oxygen atoms in total. The summed E-state index contributed by atoms with van der Waals surface area (Å²) < 4.78 is 9.82. The van der Waals surface area contributed by atoms with Crippen molar-refractivity contribution in [3.63, 3.8) is 0 Å². The first-order chi connectivity index (χ1) is 13.6. The molecule has 0 unspecified atom stereocenters. The van der Waals surface area contributed by atoms with Crippen LogP contribution in [0.5, 0.6) is 5.75 Å². The molecule has 0 atom stereocenters. The molecule has 4 rings (SSSR count). The Kier molecular flexibility index (Phi) is 6.60. The molecule has 1 aliphatic rings. The molecule has 2 aromatic carbocycles. The molecule has 2 heterocycles. The zero-order chi connectivity index (χ0) is 19.5. The molecule has 3 aromatic rings. The predicted octanol–water partition coefficient (Wildman–Crippen LogP) is 3.61. The fraction of sp³-hybridized carbons (Fsp3) is 0.304. The number of fused-ring (bicyclic) bond motifs is 1. The first-order valence-electron chi connectivity index (χ1n) is 9.80. The number of halogens is 1. The van der Waals surface area contributed by atoms with Crippen molar-refractivity contribution in [3.8, 4) is 17.0 Å². The van der Waals surface area contributed by atoms with Crippen LogP contribution in [-0.2, 0) is 19.5 Å². The van der Waals surface area contributed by atoms with Crippen molar-refractivity contribution in [2.24, 2.45) is 4.99 Å². The van der Waals surface area contributed by atoms with E-state index >= 15 is 0 Å². The summed E-state index contributed by atoms with van der Waals surface area (Å²) in [6, 6.07) is 15.9. The van der Waals surface area contributed by atoms with Crippen LogP contribution in [0.3, 0.4) is 0 Å². The number of aryl methyl sites for hydroxylation is 1. The number of hydrogen-bond acceptors (Lipinski definition) is 3. The second-order valence-corrected chi connectivity index (χ2v) is 7.11. The van der Waals surface area contributed by atoms with Gasteiger partial charge in [-0.2, -0.15) is 0 Å². The SMILES string of the molecule is CCOc1ccc(N=C([O-])C[n+]2cc(-c3ccc(C)cc3)n3c2CCC3)cc1.Cl. The fourth-order valence-electron chi connectivity index (χ4n) is 3.71. The van der Waals surface area contributed by atoms with Crippen molar-refractivity contribution in [2.45, 2.75) is 39.8 Å². The Bertz CT molecular complexity index is 992. The van der Waals surface area contributed by atoms with Gasteiger partial charge in [0.05, 0.1) is 25.3 Å². The first-order valence-corrected chi connectivity index (χ1v) is 9.80. The molecule has 0 bridgehead atoms. The largest absolute Gasteiger partial charge is 0.859 e. The minimum atomic E-state index is -0.148. The average Bonchev–Trinajstić information content (AvgIpc) is 3.28. The normalized spacial score (nSPS) is 13.1. The lowest BCUT2D eigenvalue weighted by atomic mass is 10.1. The summed E-state index contributed by atoms with van der Waals surface area (Å²) in [6.07, 6.45) is 4.19. The molecule has 1 aliphatic heterocycles. The van der Waals surface area contributed by atoms with Crippen molar-refractivity contribution in [1.29, 1.82) is 0 Å². The first kappa shape index (κ1) is 20.9. The van der Waals surface area contributed by atoms with Crippen molar-refractivity contribution in [1.82, 2.24) is 4.57 Å². The maximum absolute atomic E-state index is 12.6. The van der Waals surface area contributed by atoms with Gasteiger partial charge in [0.15, 0.2) is 5.69 Å². The van der Waals surface area contributed by atoms with E-state index in [0.717, 1.165) is 25.1 Å². The maximum Gasteiger partial charge on any atom is 0.257 e. The number of imidazole rings is 1. The molecular weight excluding hydrogens is 386 g/mol. The Morgan fingerprint density at radius 1 is 1.14 bits per heavy atom. The number of aliphatic imine (C=N–C) groups is 1. The third-order valence-corrected chi connectivity index (χ3v) is 5.05. The third-order valence-electron chi connectivity index (χ3n) is 5.05. The highest BCUT2D eigenvalue weighted by Gasteiger charge is 2.28. The summed E-state index contributed by atoms with van der Waals surface area (Å²) in [4.78, 5) is 4.25. The van der Waals surface area contributed by atoms with Gasteiger partial charge in [-0.1, -0.05) is 29.8 Å². The summed E-state index contributed by atoms with van der Waals surface area (Å²) in [5.41, 5.74) is 4.25. The lowest BCUT2D eigenvalue weighted by Gasteiger charge is -2.09. The third kappa shape index (κ3) is 4.62. The number of aromatic nitrogens is 2. The maximum atomic E-state index is 12.6. The van der Waals surface area contributed by atoms with Gasteiger partial charge in [-0.05, 0) is 44.5 Å². The molecule has 0 aliphatic carbocycles. The minimum Gasteiger partial charge on any atom is -0.859 e. The number of nitrogens with zero attached hydrogens (tertiary/aromatic N) is 3. The van der Waals surface area contributed by atoms with Gasteiger partial charge in [0.25, 0.3) is 5.82 Å². The number of benzene rings is 2. The molecule has 1 aromatic heterocycles. The molecule has 0 spiro atoms. The fourth-order valence-corrected chi connectivity index (χ4v) is 3.71. The van der Waals surface area contributed by atoms with Crippen molar-refractivity contribution >= 4 is 24.0 Å². The zero-order valence-electron chi connectivity index (χ0n) is 16.8. The predicted molar refractivity (Wildman–Crippen MR) is 115 cm³/mol. The standard InChI is InChI=1S/C23H25N3O2.ClH/c1-3-28-20-12-10-19(11-13-20)24-22(27)16-25-15-21(26-14-4-5-23(25)26)18-8-6-17(2)7-9-18;/h6-13,15H,3-5,14,16H2,1-2H3;1H. The Morgan fingerprint density at radius 2 is 1.86 bits per heavy atom. The second kappa shape index (κ2) is 9.14. The minimum absolute atomic E-state index is 0. The van der Waals surface area contributed by atoms with E-state index in [9.17, 15) is 5.11 Å². The summed E-state index contributed by atoms with van der Waals surface area (Å²) in [5.74, 6) is 1.84. The molecule has 6 heteroatoms. The van der Waals surface area contributed by atoms with Crippen LogP contribution in [0.15, 0.2) is 59.7 Å². The highest BCUT2D eigenvalue weighted by atomic mass is 35.5. The number of rotatable bonds is 6. The van der Waals surface area contributed by atoms with Crippen LogP contribution in [0.4, 0.5) is 5.69 Å². The van der Waals surface area contributed by atoms with E-state index in [1.807, 2.05) is 31.2 Å². The monoisotopic (exact) mass is 411 g/mol. The van der Waals surface area contributed by atoms with Gasteiger partial charge in [-0.15, -0.1) is 12.4 Å². The van der Waals surface area contributed by atoms with Gasteiger partial charge in [-0.3, -0.25) is 4.99 Å². The molecule has 0 radical (unpaired) electrons. The van der Waals surface area contributed by atoms with Gasteiger partial charge in [0, 0.05) is 11.5 Å². The van der Waals surface area contributed by atoms with Crippen LogP contribution in [0, 0.1) is 6.92 Å². The van der Waals surface area contributed by atoms with Gasteiger partial charge >= 0.3 is 0 Å². The van der Waals surface area contributed by atoms with E-state index in [2.05, 4.69) is 51.5 Å². The topological polar surface area (TPSA) is 53.5 Å². The smallest absolute Gasteiger partial charge is 0.257 e. The Labute approximate surface area is 177 Å². The van der Waals surface area contributed by atoms with E-state index < -0.39 is 0 Å². The second-order valence-electron chi connectivity index (χ2n) is 7.11. The zero-order valence-corrected chi connectivity index (χ0v) is 17.6. The summed E-state index contributed by atoms with van der Waals surface area (Å²) in [5, 5.41) is 12.6. The van der Waals surface area contributed by atoms with Crippen LogP contribution < -0.4 is 14.4 Å². The van der Waals surface area contributed by atoms with Crippen molar-refractivity contribution < 1.29 is 14.4 Å². The van der Waals surface area contributed by atoms with E-state index in [1.54, 1.807) is 0 Å². The van der Waals surface area contributed by atoms with Crippen LogP contribution in [-0.4, -0.2) is 17.1 Å². The molecule has 152 valence electrons. The molecular formula is C23H26ClN3O2. The van der Waals surface area contributed by atoms with Crippen LogP contribution in [0.2, 0.25) is 0 Å². The molecule has 0 fully saturated rings. The number of ether oxygens (including phenoxy) is 1. The van der Waals surface area contributed by atoms with Crippen LogP contribution in [0.25, 0.3) is 11.3 Å². The number of hydrogen-bond donors (Lipinski definition) is 0. The average molecular weight is 412 g/mol. The summed E-state index contributed by atoms with van der Waals surface area (Å²) in [6.45, 7) is 5.91. The summed E-state index contributed by atoms with van der Waals surface area (Å²) >= 11 is 0. The highest BCUT2D eigenvalue weighted by molar-refractivity contribution is 5.85. The quantitative estimate of drug-likeness (QED) is 0.353. The van der Waals surface area contributed by atoms with Crippen molar-refractivity contribution in [2.75, 3.05) is 6.61 Å². The Hall–Kier alpha value is -2.79. The van der Waals surface area contributed by atoms with E-state index in [4.69, 9.17) is 4.74 Å². The van der Waals surface area contributed by atoms with Crippen molar-refractivity contribution in [3.05, 3.63) is 66.1 Å². The lowest BCUT2D eigenvalue weighted by molar-refractivity contribution is -0.693. The molecule has 0 saturated heterocycles. The van der Waals surface area contributed by atoms with E-state index in [-0.39, 0.29) is 24.8 Å². The van der Waals surface area contributed by atoms with Gasteiger partial charge < -0.3 is 9.84 Å². The Balaban J connectivity index is 0.00000240. The lowest BCUT2D eigenvalue weighted by Crippen LogP contribution is -2.43. The van der Waals surface area contributed by atoms with Gasteiger partial charge in [0.1, 0.15) is 18.5 Å². The molecule has 29 heavy (non-hydrogen) atoms. The molecule has 0 N–H and O–H groups in total. The summed E-state index contributed by atoms with van der Waals surface area (Å²) in [7, 11) is 0. The highest BCUT2D eigenvalue weighted by Crippen LogP contribution is 2.25. The molecule has 0 amide bonds. The van der Waals surface area contributed by atoms with Crippen LogP contribution >= 0.6 is 12.4 Å². The van der Waals surface area contributed by atoms with E-state index in [0.29, 0.717) is 12.3 Å².